The molecule has 2 N–H and O–H groups in total. The number of hydrogen-bond donors (Lipinski definition) is 2. The minimum Gasteiger partial charge on any atom is -0.497 e. The average molecular weight is 395 g/mol. The van der Waals surface area contributed by atoms with Crippen molar-refractivity contribution in [3.05, 3.63) is 42.0 Å². The molecule has 2 amide bonds. The molecule has 1 aromatic heterocycles. The van der Waals surface area contributed by atoms with Crippen LogP contribution in [-0.4, -0.2) is 61.3 Å². The lowest BCUT2D eigenvalue weighted by molar-refractivity contribution is 0.208. The summed E-state index contributed by atoms with van der Waals surface area (Å²) in [4.78, 5) is 24.7. The Kier molecular flexibility index (Phi) is 5.16. The van der Waals surface area contributed by atoms with E-state index in [0.29, 0.717) is 43.4 Å². The number of fused-ring (bicyclic) bond motifs is 1. The Morgan fingerprint density at radius 2 is 1.86 bits per heavy atom. The number of carbonyl (C=O) groups excluding carboxylic acids is 1. The lowest BCUT2D eigenvalue weighted by Gasteiger charge is -2.34. The molecule has 3 aromatic rings. The van der Waals surface area contributed by atoms with E-state index in [9.17, 15) is 4.79 Å². The lowest BCUT2D eigenvalue weighted by Crippen LogP contribution is -2.50. The topological polar surface area (TPSA) is 82.7 Å². The van der Waals surface area contributed by atoms with E-state index in [1.54, 1.807) is 37.3 Å². The van der Waals surface area contributed by atoms with Crippen LogP contribution in [0.1, 0.15) is 5.56 Å². The van der Waals surface area contributed by atoms with Crippen LogP contribution in [0.3, 0.4) is 0 Å². The third kappa shape index (κ3) is 3.91. The van der Waals surface area contributed by atoms with Gasteiger partial charge in [0.1, 0.15) is 11.5 Å². The zero-order valence-corrected chi connectivity index (χ0v) is 16.9. The first kappa shape index (κ1) is 18.9. The fraction of sp³-hybridized carbons (Fsp3) is 0.333. The smallest absolute Gasteiger partial charge is 0.322 e. The first-order valence-electron chi connectivity index (χ1n) is 9.56. The van der Waals surface area contributed by atoms with E-state index in [-0.39, 0.29) is 6.03 Å². The van der Waals surface area contributed by atoms with Crippen LogP contribution < -0.4 is 19.7 Å². The minimum atomic E-state index is -0.145. The van der Waals surface area contributed by atoms with Gasteiger partial charge < -0.3 is 29.6 Å². The number of imidazole rings is 1. The number of rotatable bonds is 4. The number of anilines is 2. The number of nitrogens with one attached hydrogen (secondary N) is 2. The summed E-state index contributed by atoms with van der Waals surface area (Å²) in [6.45, 7) is 4.72. The maximum absolute atomic E-state index is 12.7. The molecule has 152 valence electrons. The molecular weight excluding hydrogens is 370 g/mol. The molecule has 0 unspecified atom stereocenters. The second-order valence-electron chi connectivity index (χ2n) is 7.05. The Morgan fingerprint density at radius 3 is 2.59 bits per heavy atom. The van der Waals surface area contributed by atoms with E-state index in [1.807, 2.05) is 6.07 Å². The van der Waals surface area contributed by atoms with Crippen molar-refractivity contribution < 1.29 is 14.3 Å². The summed E-state index contributed by atoms with van der Waals surface area (Å²) in [5.74, 6) is 2.09. The monoisotopic (exact) mass is 395 g/mol. The van der Waals surface area contributed by atoms with Gasteiger partial charge in [-0.05, 0) is 36.8 Å². The van der Waals surface area contributed by atoms with Gasteiger partial charge in [-0.15, -0.1) is 0 Å². The van der Waals surface area contributed by atoms with Crippen LogP contribution in [0.15, 0.2) is 36.4 Å². The maximum atomic E-state index is 12.7. The van der Waals surface area contributed by atoms with Crippen LogP contribution in [0, 0.1) is 6.92 Å². The molecule has 8 heteroatoms. The number of benzene rings is 2. The predicted molar refractivity (Wildman–Crippen MR) is 113 cm³/mol. The zero-order chi connectivity index (χ0) is 20.4. The van der Waals surface area contributed by atoms with Gasteiger partial charge in [-0.1, -0.05) is 6.07 Å². The van der Waals surface area contributed by atoms with Crippen molar-refractivity contribution in [1.29, 1.82) is 0 Å². The van der Waals surface area contributed by atoms with Gasteiger partial charge in [0.2, 0.25) is 5.95 Å². The van der Waals surface area contributed by atoms with Crippen LogP contribution >= 0.6 is 0 Å². The molecule has 1 aliphatic heterocycles. The third-order valence-electron chi connectivity index (χ3n) is 5.14. The SMILES string of the molecule is COc1ccc(NC(=O)N2CCN(c3nc4ccc(C)cc4[nH]3)CC2)c(OC)c1. The van der Waals surface area contributed by atoms with Crippen molar-refractivity contribution in [1.82, 2.24) is 14.9 Å². The number of H-pyrrole nitrogens is 1. The number of aromatic nitrogens is 2. The van der Waals surface area contributed by atoms with Crippen molar-refractivity contribution in [2.24, 2.45) is 0 Å². The summed E-state index contributed by atoms with van der Waals surface area (Å²) >= 11 is 0. The molecule has 2 heterocycles. The molecule has 1 fully saturated rings. The molecule has 29 heavy (non-hydrogen) atoms. The van der Waals surface area contributed by atoms with Crippen molar-refractivity contribution in [2.45, 2.75) is 6.92 Å². The van der Waals surface area contributed by atoms with E-state index in [2.05, 4.69) is 39.2 Å². The molecule has 0 aliphatic carbocycles. The van der Waals surface area contributed by atoms with Crippen LogP contribution in [0.5, 0.6) is 11.5 Å². The second kappa shape index (κ2) is 7.90. The average Bonchev–Trinajstić information content (AvgIpc) is 3.17. The highest BCUT2D eigenvalue weighted by atomic mass is 16.5. The van der Waals surface area contributed by atoms with Crippen LogP contribution in [0.25, 0.3) is 11.0 Å². The van der Waals surface area contributed by atoms with E-state index in [1.165, 1.54) is 5.56 Å². The number of carbonyl (C=O) groups is 1. The highest BCUT2D eigenvalue weighted by Crippen LogP contribution is 2.29. The number of urea groups is 1. The number of amides is 2. The van der Waals surface area contributed by atoms with Crippen LogP contribution in [-0.2, 0) is 0 Å². The molecule has 2 aromatic carbocycles. The molecule has 0 bridgehead atoms. The van der Waals surface area contributed by atoms with Crippen molar-refractivity contribution in [3.63, 3.8) is 0 Å². The molecule has 0 atom stereocenters. The fourth-order valence-corrected chi connectivity index (χ4v) is 3.48. The molecule has 1 saturated heterocycles. The number of ether oxygens (including phenoxy) is 2. The summed E-state index contributed by atoms with van der Waals surface area (Å²) in [5, 5.41) is 2.93. The molecule has 0 saturated carbocycles. The van der Waals surface area contributed by atoms with Gasteiger partial charge >= 0.3 is 6.03 Å². The van der Waals surface area contributed by atoms with Gasteiger partial charge in [0.05, 0.1) is 30.9 Å². The van der Waals surface area contributed by atoms with Gasteiger partial charge in [-0.3, -0.25) is 0 Å². The summed E-state index contributed by atoms with van der Waals surface area (Å²) in [6, 6.07) is 11.4. The van der Waals surface area contributed by atoms with Gasteiger partial charge in [0.25, 0.3) is 0 Å². The summed E-state index contributed by atoms with van der Waals surface area (Å²) in [6.07, 6.45) is 0. The minimum absolute atomic E-state index is 0.145. The zero-order valence-electron chi connectivity index (χ0n) is 16.9. The Morgan fingerprint density at radius 1 is 1.07 bits per heavy atom. The number of hydrogen-bond acceptors (Lipinski definition) is 5. The fourth-order valence-electron chi connectivity index (χ4n) is 3.48. The Hall–Kier alpha value is -3.42. The number of aromatic amines is 1. The van der Waals surface area contributed by atoms with Gasteiger partial charge in [-0.2, -0.15) is 0 Å². The maximum Gasteiger partial charge on any atom is 0.322 e. The molecule has 0 radical (unpaired) electrons. The summed E-state index contributed by atoms with van der Waals surface area (Å²) in [5.41, 5.74) is 3.81. The van der Waals surface area contributed by atoms with Crippen molar-refractivity contribution in [3.8, 4) is 11.5 Å². The Labute approximate surface area is 169 Å². The van der Waals surface area contributed by atoms with Gasteiger partial charge in [0.15, 0.2) is 0 Å². The van der Waals surface area contributed by atoms with E-state index in [0.717, 1.165) is 17.0 Å². The third-order valence-corrected chi connectivity index (χ3v) is 5.14. The number of aryl methyl sites for hydroxylation is 1. The normalized spacial score (nSPS) is 14.2. The molecule has 4 rings (SSSR count). The Bertz CT molecular complexity index is 1020. The van der Waals surface area contributed by atoms with Crippen LogP contribution in [0.2, 0.25) is 0 Å². The highest BCUT2D eigenvalue weighted by molar-refractivity contribution is 5.91. The van der Waals surface area contributed by atoms with Crippen molar-refractivity contribution in [2.75, 3.05) is 50.6 Å². The molecular formula is C21H25N5O3. The first-order chi connectivity index (χ1) is 14.1. The molecule has 0 spiro atoms. The lowest BCUT2D eigenvalue weighted by atomic mass is 10.2. The van der Waals surface area contributed by atoms with E-state index in [4.69, 9.17) is 9.47 Å². The summed E-state index contributed by atoms with van der Waals surface area (Å²) < 4.78 is 10.6. The van der Waals surface area contributed by atoms with Gasteiger partial charge in [-0.25, -0.2) is 9.78 Å². The van der Waals surface area contributed by atoms with E-state index >= 15 is 0 Å². The number of piperazine rings is 1. The van der Waals surface area contributed by atoms with E-state index < -0.39 is 0 Å². The number of nitrogens with zero attached hydrogens (tertiary/aromatic N) is 3. The van der Waals surface area contributed by atoms with Gasteiger partial charge in [0, 0.05) is 32.2 Å². The second-order valence-corrected chi connectivity index (χ2v) is 7.05. The van der Waals surface area contributed by atoms with Crippen LogP contribution in [0.4, 0.5) is 16.4 Å². The predicted octanol–water partition coefficient (Wildman–Crippen LogP) is 3.24. The largest absolute Gasteiger partial charge is 0.497 e. The Balaban J connectivity index is 1.39. The number of methoxy groups -OCH3 is 2. The van der Waals surface area contributed by atoms with Crippen molar-refractivity contribution >= 4 is 28.7 Å². The molecule has 1 aliphatic rings. The molecule has 8 nitrogen and oxygen atoms in total. The first-order valence-corrected chi connectivity index (χ1v) is 9.56. The highest BCUT2D eigenvalue weighted by Gasteiger charge is 2.23. The standard InChI is InChI=1S/C21H25N5O3/c1-14-4-6-16-18(12-14)23-20(22-16)25-8-10-26(11-9-25)21(27)24-17-7-5-15(28-2)13-19(17)29-3/h4-7,12-13H,8-11H2,1-3H3,(H,22,23)(H,24,27). The quantitative estimate of drug-likeness (QED) is 0.709. The summed E-state index contributed by atoms with van der Waals surface area (Å²) in [7, 11) is 3.16.